The maximum Gasteiger partial charge on any atom is 0.0622 e. The van der Waals surface area contributed by atoms with Crippen molar-refractivity contribution in [3.8, 4) is 0 Å². The first-order chi connectivity index (χ1) is 7.77. The summed E-state index contributed by atoms with van der Waals surface area (Å²) < 4.78 is 5.53. The van der Waals surface area contributed by atoms with Gasteiger partial charge in [0.2, 0.25) is 0 Å². The molecule has 4 heteroatoms. The van der Waals surface area contributed by atoms with Crippen molar-refractivity contribution in [2.75, 3.05) is 20.3 Å². The summed E-state index contributed by atoms with van der Waals surface area (Å²) in [5.74, 6) is 0. The molecule has 0 spiro atoms. The van der Waals surface area contributed by atoms with Crippen LogP contribution in [-0.4, -0.2) is 31.3 Å². The smallest absolute Gasteiger partial charge is 0.0622 e. The van der Waals surface area contributed by atoms with E-state index in [-0.39, 0.29) is 0 Å². The Morgan fingerprint density at radius 2 is 2.38 bits per heavy atom. The van der Waals surface area contributed by atoms with E-state index >= 15 is 0 Å². The van der Waals surface area contributed by atoms with Gasteiger partial charge in [0.05, 0.1) is 11.6 Å². The summed E-state index contributed by atoms with van der Waals surface area (Å²) in [5.41, 5.74) is 1.11. The average molecular weight is 243 g/mol. The van der Waals surface area contributed by atoms with E-state index < -0.39 is 0 Å². The van der Waals surface area contributed by atoms with Crippen LogP contribution in [0.25, 0.3) is 0 Å². The van der Waals surface area contributed by atoms with E-state index in [9.17, 15) is 0 Å². The molecule has 3 nitrogen and oxygen atoms in total. The Balaban J connectivity index is 2.46. The summed E-state index contributed by atoms with van der Waals surface area (Å²) in [5, 5.41) is 3.95. The molecular weight excluding hydrogens is 224 g/mol. The van der Waals surface area contributed by atoms with E-state index in [1.807, 2.05) is 13.1 Å². The predicted octanol–water partition coefficient (Wildman–Crippen LogP) is 2.29. The fourth-order valence-electron chi connectivity index (χ4n) is 1.45. The average Bonchev–Trinajstić information content (AvgIpc) is 2.30. The summed E-state index contributed by atoms with van der Waals surface area (Å²) in [6.45, 7) is 3.62. The number of halogens is 1. The first-order valence-electron chi connectivity index (χ1n) is 5.61. The minimum atomic E-state index is 0.298. The number of nitrogens with one attached hydrogen (secondary N) is 1. The maximum absolute atomic E-state index is 6.06. The molecule has 90 valence electrons. The normalized spacial score (nSPS) is 12.7. The van der Waals surface area contributed by atoms with Crippen LogP contribution in [0.3, 0.4) is 0 Å². The molecule has 0 saturated heterocycles. The van der Waals surface area contributed by atoms with Gasteiger partial charge in [0, 0.05) is 25.0 Å². The Morgan fingerprint density at radius 1 is 1.56 bits per heavy atom. The molecule has 1 N–H and O–H groups in total. The zero-order valence-corrected chi connectivity index (χ0v) is 10.6. The number of ether oxygens (including phenoxy) is 1. The van der Waals surface area contributed by atoms with Gasteiger partial charge >= 0.3 is 0 Å². The standard InChI is InChI=1S/C12H19ClN2O/c1-3-6-16-9-11(14-2)7-10-4-5-15-8-12(10)13/h4-5,8,11,14H,3,6-7,9H2,1-2H3. The van der Waals surface area contributed by atoms with Gasteiger partial charge in [0.15, 0.2) is 0 Å². The lowest BCUT2D eigenvalue weighted by molar-refractivity contribution is 0.114. The summed E-state index contributed by atoms with van der Waals surface area (Å²) in [6, 6.07) is 2.25. The van der Waals surface area contributed by atoms with Gasteiger partial charge in [0.25, 0.3) is 0 Å². The molecule has 1 rings (SSSR count). The second-order valence-corrected chi connectivity index (χ2v) is 4.14. The van der Waals surface area contributed by atoms with Gasteiger partial charge in [-0.3, -0.25) is 4.98 Å². The zero-order chi connectivity index (χ0) is 11.8. The van der Waals surface area contributed by atoms with Crippen molar-refractivity contribution in [1.82, 2.24) is 10.3 Å². The third kappa shape index (κ3) is 4.47. The van der Waals surface area contributed by atoms with Crippen molar-refractivity contribution in [3.05, 3.63) is 29.0 Å². The van der Waals surface area contributed by atoms with Crippen LogP contribution in [0.15, 0.2) is 18.5 Å². The molecular formula is C12H19ClN2O. The number of hydrogen-bond donors (Lipinski definition) is 1. The second-order valence-electron chi connectivity index (χ2n) is 3.73. The van der Waals surface area contributed by atoms with Crippen LogP contribution in [0, 0.1) is 0 Å². The number of pyridine rings is 1. The van der Waals surface area contributed by atoms with Crippen LogP contribution in [0.4, 0.5) is 0 Å². The molecule has 0 bridgehead atoms. The molecule has 0 fully saturated rings. The molecule has 0 saturated carbocycles. The SMILES string of the molecule is CCCOCC(Cc1ccncc1Cl)NC. The van der Waals surface area contributed by atoms with Crippen molar-refractivity contribution in [3.63, 3.8) is 0 Å². The lowest BCUT2D eigenvalue weighted by atomic mass is 10.1. The molecule has 0 radical (unpaired) electrons. The molecule has 0 aromatic carbocycles. The quantitative estimate of drug-likeness (QED) is 0.745. The van der Waals surface area contributed by atoms with Crippen LogP contribution < -0.4 is 5.32 Å². The molecule has 0 aliphatic heterocycles. The van der Waals surface area contributed by atoms with E-state index in [2.05, 4.69) is 17.2 Å². The summed E-state index contributed by atoms with van der Waals surface area (Å²) in [7, 11) is 1.94. The lowest BCUT2D eigenvalue weighted by Crippen LogP contribution is -2.32. The number of aromatic nitrogens is 1. The van der Waals surface area contributed by atoms with Crippen molar-refractivity contribution in [2.45, 2.75) is 25.8 Å². The molecule has 0 aliphatic rings. The highest BCUT2D eigenvalue weighted by atomic mass is 35.5. The first kappa shape index (κ1) is 13.4. The van der Waals surface area contributed by atoms with Gasteiger partial charge in [-0.25, -0.2) is 0 Å². The van der Waals surface area contributed by atoms with Gasteiger partial charge in [0.1, 0.15) is 0 Å². The highest BCUT2D eigenvalue weighted by Crippen LogP contribution is 2.15. The molecule has 0 aliphatic carbocycles. The summed E-state index contributed by atoms with van der Waals surface area (Å²) in [6.07, 6.45) is 5.35. The monoisotopic (exact) mass is 242 g/mol. The largest absolute Gasteiger partial charge is 0.380 e. The van der Waals surface area contributed by atoms with E-state index in [0.29, 0.717) is 12.6 Å². The van der Waals surface area contributed by atoms with E-state index in [0.717, 1.165) is 30.0 Å². The number of hydrogen-bond acceptors (Lipinski definition) is 3. The third-order valence-electron chi connectivity index (χ3n) is 2.40. The molecule has 1 aromatic rings. The minimum Gasteiger partial charge on any atom is -0.380 e. The van der Waals surface area contributed by atoms with Crippen LogP contribution in [-0.2, 0) is 11.2 Å². The minimum absolute atomic E-state index is 0.298. The van der Waals surface area contributed by atoms with Gasteiger partial charge in [-0.15, -0.1) is 0 Å². The Labute approximate surface area is 102 Å². The Kier molecular flexibility index (Phi) is 6.38. The van der Waals surface area contributed by atoms with Crippen molar-refractivity contribution in [1.29, 1.82) is 0 Å². The second kappa shape index (κ2) is 7.60. The predicted molar refractivity (Wildman–Crippen MR) is 66.9 cm³/mol. The van der Waals surface area contributed by atoms with Crippen LogP contribution in [0.2, 0.25) is 5.02 Å². The van der Waals surface area contributed by atoms with Crippen molar-refractivity contribution in [2.24, 2.45) is 0 Å². The van der Waals surface area contributed by atoms with Crippen LogP contribution in [0.1, 0.15) is 18.9 Å². The van der Waals surface area contributed by atoms with Crippen molar-refractivity contribution >= 4 is 11.6 Å². The molecule has 1 unspecified atom stereocenters. The number of likely N-dealkylation sites (N-methyl/N-ethyl adjacent to an activating group) is 1. The van der Waals surface area contributed by atoms with Gasteiger partial charge in [-0.2, -0.15) is 0 Å². The highest BCUT2D eigenvalue weighted by molar-refractivity contribution is 6.31. The van der Waals surface area contributed by atoms with Gasteiger partial charge in [-0.05, 0) is 31.5 Å². The van der Waals surface area contributed by atoms with Gasteiger partial charge < -0.3 is 10.1 Å². The molecule has 1 atom stereocenters. The zero-order valence-electron chi connectivity index (χ0n) is 9.87. The molecule has 1 aromatic heterocycles. The fourth-order valence-corrected chi connectivity index (χ4v) is 1.65. The fraction of sp³-hybridized carbons (Fsp3) is 0.583. The highest BCUT2D eigenvalue weighted by Gasteiger charge is 2.09. The first-order valence-corrected chi connectivity index (χ1v) is 5.99. The summed E-state index contributed by atoms with van der Waals surface area (Å²) >= 11 is 6.06. The molecule has 1 heterocycles. The number of rotatable bonds is 7. The number of nitrogens with zero attached hydrogens (tertiary/aromatic N) is 1. The Hall–Kier alpha value is -0.640. The Morgan fingerprint density at radius 3 is 3.00 bits per heavy atom. The summed E-state index contributed by atoms with van der Waals surface area (Å²) in [4.78, 5) is 3.97. The molecule has 0 amide bonds. The maximum atomic E-state index is 6.06. The van der Waals surface area contributed by atoms with Gasteiger partial charge in [-0.1, -0.05) is 18.5 Å². The lowest BCUT2D eigenvalue weighted by Gasteiger charge is -2.16. The van der Waals surface area contributed by atoms with E-state index in [1.54, 1.807) is 12.4 Å². The topological polar surface area (TPSA) is 34.1 Å². The third-order valence-corrected chi connectivity index (χ3v) is 2.74. The Bertz CT molecular complexity index is 307. The van der Waals surface area contributed by atoms with E-state index in [4.69, 9.17) is 16.3 Å². The van der Waals surface area contributed by atoms with Crippen LogP contribution >= 0.6 is 11.6 Å². The van der Waals surface area contributed by atoms with Crippen LogP contribution in [0.5, 0.6) is 0 Å². The molecule has 16 heavy (non-hydrogen) atoms. The van der Waals surface area contributed by atoms with Crippen molar-refractivity contribution < 1.29 is 4.74 Å². The van der Waals surface area contributed by atoms with E-state index in [1.165, 1.54) is 0 Å².